The van der Waals surface area contributed by atoms with Crippen molar-refractivity contribution in [2.45, 2.75) is 76.4 Å². The third-order valence-corrected chi connectivity index (χ3v) is 9.73. The molecule has 0 saturated carbocycles. The van der Waals surface area contributed by atoms with E-state index in [1.807, 2.05) is 0 Å². The van der Waals surface area contributed by atoms with E-state index in [-0.39, 0.29) is 62.7 Å². The Hall–Kier alpha value is -4.22. The van der Waals surface area contributed by atoms with Crippen molar-refractivity contribution in [3.05, 3.63) is 76.1 Å². The quantitative estimate of drug-likeness (QED) is 0.114. The predicted octanol–water partition coefficient (Wildman–Crippen LogP) is 7.41. The number of carbonyl (C=O) groups is 1. The van der Waals surface area contributed by atoms with Gasteiger partial charge in [-0.05, 0) is 82.9 Å². The topological polar surface area (TPSA) is 117 Å². The third kappa shape index (κ3) is 9.27. The van der Waals surface area contributed by atoms with Crippen molar-refractivity contribution in [2.24, 2.45) is 0 Å². The molecule has 0 amide bonds. The van der Waals surface area contributed by atoms with Gasteiger partial charge in [-0.25, -0.2) is 22.2 Å². The van der Waals surface area contributed by atoms with Crippen molar-refractivity contribution in [3.8, 4) is 23.0 Å². The van der Waals surface area contributed by atoms with Crippen LogP contribution in [0.15, 0.2) is 42.5 Å². The second-order valence-electron chi connectivity index (χ2n) is 13.1. The van der Waals surface area contributed by atoms with Gasteiger partial charge in [0.25, 0.3) is 0 Å². The first-order valence-electron chi connectivity index (χ1n) is 14.9. The molecule has 0 aliphatic heterocycles. The number of sulfone groups is 1. The van der Waals surface area contributed by atoms with Crippen molar-refractivity contribution in [1.82, 2.24) is 14.8 Å². The molecular formula is C34H34ClF5N4O4S. The Morgan fingerprint density at radius 1 is 1.02 bits per heavy atom. The highest BCUT2D eigenvalue weighted by Crippen LogP contribution is 2.41. The van der Waals surface area contributed by atoms with E-state index in [9.17, 15) is 35.2 Å². The highest BCUT2D eigenvalue weighted by molar-refractivity contribution is 7.92. The number of nitrogens with zero attached hydrogens (tertiary/aromatic N) is 3. The molecule has 0 spiro atoms. The second kappa shape index (κ2) is 13.6. The second-order valence-corrected chi connectivity index (χ2v) is 16.1. The van der Waals surface area contributed by atoms with Gasteiger partial charge in [0.05, 0.1) is 28.0 Å². The number of benzene rings is 2. The monoisotopic (exact) mass is 724 g/mol. The predicted molar refractivity (Wildman–Crippen MR) is 178 cm³/mol. The Labute approximate surface area is 285 Å². The van der Waals surface area contributed by atoms with E-state index in [2.05, 4.69) is 21.9 Å². The lowest BCUT2D eigenvalue weighted by Gasteiger charge is -2.24. The lowest BCUT2D eigenvalue weighted by Crippen LogP contribution is -2.28. The molecule has 49 heavy (non-hydrogen) atoms. The van der Waals surface area contributed by atoms with Gasteiger partial charge in [0.15, 0.2) is 15.7 Å². The molecule has 8 nitrogen and oxygen atoms in total. The molecule has 262 valence electrons. The maximum absolute atomic E-state index is 14.3. The summed E-state index contributed by atoms with van der Waals surface area (Å²) in [5, 5.41) is 3.98. The number of aromatic nitrogens is 3. The van der Waals surface area contributed by atoms with Crippen LogP contribution in [0.1, 0.15) is 63.9 Å². The van der Waals surface area contributed by atoms with E-state index in [1.165, 1.54) is 38.1 Å². The zero-order valence-corrected chi connectivity index (χ0v) is 29.0. The lowest BCUT2D eigenvalue weighted by molar-refractivity contribution is -0.155. The zero-order valence-electron chi connectivity index (χ0n) is 27.5. The fraction of sp³-hybridized carbons (Fsp3) is 0.382. The summed E-state index contributed by atoms with van der Waals surface area (Å²) in [6, 6.07) is 8.66. The Morgan fingerprint density at radius 2 is 1.63 bits per heavy atom. The van der Waals surface area contributed by atoms with Crippen molar-refractivity contribution in [1.29, 1.82) is 0 Å². The summed E-state index contributed by atoms with van der Waals surface area (Å²) in [5.41, 5.74) is 5.74. The standard InChI is InChI=1S/C34H34ClF5N4O4S/c1-32(2,3)48-27(45)16-20(13-19-14-21(36)17-22(37)15-19)29-24(8-7-23(42-29)11-12-33(4,5)49(6,46)47)25-9-10-26(35)28-30(25)44(43-31(28)41)18-34(38,39)40/h7-10,14-15,17,20H,13,16,18H2,1-6H3,(H2,41,43)/t20-/m1/s1. The number of pyridine rings is 1. The van der Waals surface area contributed by atoms with Gasteiger partial charge in [-0.2, -0.15) is 18.3 Å². The van der Waals surface area contributed by atoms with Crippen molar-refractivity contribution in [2.75, 3.05) is 12.0 Å². The summed E-state index contributed by atoms with van der Waals surface area (Å²) in [6.07, 6.45) is -4.21. The Bertz CT molecular complexity index is 2080. The van der Waals surface area contributed by atoms with Crippen molar-refractivity contribution < 1.29 is 39.9 Å². The molecule has 2 heterocycles. The molecular weight excluding hydrogens is 691 g/mol. The minimum absolute atomic E-state index is 0.0326. The van der Waals surface area contributed by atoms with Gasteiger partial charge in [-0.15, -0.1) is 0 Å². The minimum Gasteiger partial charge on any atom is -0.460 e. The van der Waals surface area contributed by atoms with Crippen LogP contribution in [0, 0.1) is 23.5 Å². The molecule has 0 saturated heterocycles. The van der Waals surface area contributed by atoms with Crippen LogP contribution < -0.4 is 5.73 Å². The molecule has 0 aliphatic rings. The third-order valence-electron chi connectivity index (χ3n) is 7.46. The number of fused-ring (bicyclic) bond motifs is 1. The highest BCUT2D eigenvalue weighted by Gasteiger charge is 2.33. The number of hydrogen-bond acceptors (Lipinski definition) is 7. The van der Waals surface area contributed by atoms with Crippen molar-refractivity contribution >= 4 is 44.1 Å². The summed E-state index contributed by atoms with van der Waals surface area (Å²) in [5.74, 6) is 1.76. The molecule has 0 bridgehead atoms. The molecule has 4 aromatic rings. The number of nitrogen functional groups attached to an aromatic ring is 1. The number of ether oxygens (including phenoxy) is 1. The van der Waals surface area contributed by atoms with Crippen LogP contribution in [0.5, 0.6) is 0 Å². The fourth-order valence-corrected chi connectivity index (χ4v) is 5.55. The molecule has 0 fully saturated rings. The average molecular weight is 725 g/mol. The molecule has 2 aromatic heterocycles. The van der Waals surface area contributed by atoms with E-state index in [4.69, 9.17) is 22.1 Å². The molecule has 2 N–H and O–H groups in total. The lowest BCUT2D eigenvalue weighted by atomic mass is 9.87. The number of anilines is 1. The minimum atomic E-state index is -4.70. The van der Waals surface area contributed by atoms with Crippen LogP contribution in [-0.4, -0.2) is 51.9 Å². The van der Waals surface area contributed by atoms with Crippen LogP contribution in [0.2, 0.25) is 5.02 Å². The van der Waals surface area contributed by atoms with Gasteiger partial charge in [-0.3, -0.25) is 9.48 Å². The molecule has 1 atom stereocenters. The normalized spacial score (nSPS) is 13.2. The summed E-state index contributed by atoms with van der Waals surface area (Å²) < 4.78 is 99.2. The van der Waals surface area contributed by atoms with E-state index >= 15 is 0 Å². The van der Waals surface area contributed by atoms with Crippen LogP contribution in [0.3, 0.4) is 0 Å². The highest BCUT2D eigenvalue weighted by atomic mass is 35.5. The zero-order chi connectivity index (χ0) is 36.7. The Morgan fingerprint density at radius 3 is 2.20 bits per heavy atom. The van der Waals surface area contributed by atoms with Gasteiger partial charge in [-0.1, -0.05) is 23.6 Å². The molecule has 0 unspecified atom stereocenters. The van der Waals surface area contributed by atoms with E-state index in [1.54, 1.807) is 20.8 Å². The first kappa shape index (κ1) is 37.6. The van der Waals surface area contributed by atoms with E-state index in [0.717, 1.165) is 18.4 Å². The summed E-state index contributed by atoms with van der Waals surface area (Å²) in [6.45, 7) is 6.27. The van der Waals surface area contributed by atoms with E-state index < -0.39 is 56.4 Å². The number of nitrogens with two attached hydrogens (primary N) is 1. The molecule has 0 aliphatic carbocycles. The Balaban J connectivity index is 2.05. The molecule has 15 heteroatoms. The van der Waals surface area contributed by atoms with Gasteiger partial charge in [0.1, 0.15) is 34.2 Å². The number of alkyl halides is 3. The SMILES string of the molecule is CC(C)(C)OC(=O)C[C@@H](Cc1cc(F)cc(F)c1)c1nc(C#CC(C)(C)S(C)(=O)=O)ccc1-c1ccc(Cl)c2c(N)nn(CC(F)(F)F)c12. The average Bonchev–Trinajstić information content (AvgIpc) is 3.24. The number of esters is 1. The van der Waals surface area contributed by atoms with Gasteiger partial charge >= 0.3 is 12.1 Å². The van der Waals surface area contributed by atoms with Crippen LogP contribution in [0.4, 0.5) is 27.8 Å². The maximum Gasteiger partial charge on any atom is 0.408 e. The smallest absolute Gasteiger partial charge is 0.408 e. The van der Waals surface area contributed by atoms with Crippen LogP contribution in [-0.2, 0) is 32.3 Å². The fourth-order valence-electron chi connectivity index (χ4n) is 5.06. The van der Waals surface area contributed by atoms with Crippen LogP contribution in [0.25, 0.3) is 22.0 Å². The molecule has 0 radical (unpaired) electrons. The largest absolute Gasteiger partial charge is 0.460 e. The summed E-state index contributed by atoms with van der Waals surface area (Å²) in [7, 11) is -3.64. The number of halogens is 6. The Kier molecular flexibility index (Phi) is 10.4. The van der Waals surface area contributed by atoms with Gasteiger partial charge < -0.3 is 10.5 Å². The van der Waals surface area contributed by atoms with Gasteiger partial charge in [0, 0.05) is 29.4 Å². The summed E-state index contributed by atoms with van der Waals surface area (Å²) in [4.78, 5) is 18.0. The van der Waals surface area contributed by atoms with Crippen molar-refractivity contribution in [3.63, 3.8) is 0 Å². The number of rotatable bonds is 8. The summed E-state index contributed by atoms with van der Waals surface area (Å²) >= 11 is 6.39. The number of hydrogen-bond donors (Lipinski definition) is 1. The maximum atomic E-state index is 14.3. The molecule has 2 aromatic carbocycles. The first-order chi connectivity index (χ1) is 22.4. The number of carbonyl (C=O) groups excluding carboxylic acids is 1. The first-order valence-corrected chi connectivity index (χ1v) is 17.1. The van der Waals surface area contributed by atoms with Gasteiger partial charge in [0.2, 0.25) is 0 Å². The van der Waals surface area contributed by atoms with E-state index in [0.29, 0.717) is 10.7 Å². The van der Waals surface area contributed by atoms with Crippen LogP contribution >= 0.6 is 11.6 Å². The molecule has 4 rings (SSSR count).